The Bertz CT molecular complexity index is 807. The summed E-state index contributed by atoms with van der Waals surface area (Å²) in [7, 11) is 0. The maximum absolute atomic E-state index is 13.1. The molecule has 8 nitrogen and oxygen atoms in total. The summed E-state index contributed by atoms with van der Waals surface area (Å²) >= 11 is 0. The third-order valence-electron chi connectivity index (χ3n) is 5.58. The van der Waals surface area contributed by atoms with Gasteiger partial charge in [-0.15, -0.1) is 0 Å². The third kappa shape index (κ3) is 3.91. The maximum Gasteiger partial charge on any atom is 0.325 e. The Morgan fingerprint density at radius 1 is 1.32 bits per heavy atom. The predicted octanol–water partition coefficient (Wildman–Crippen LogP) is 2.78. The van der Waals surface area contributed by atoms with Crippen LogP contribution in [0, 0.1) is 11.3 Å². The third-order valence-corrected chi connectivity index (χ3v) is 5.58. The van der Waals surface area contributed by atoms with E-state index in [2.05, 4.69) is 41.6 Å². The maximum atomic E-state index is 13.1. The number of anilines is 1. The second-order valence-corrected chi connectivity index (χ2v) is 10.2. The zero-order chi connectivity index (χ0) is 20.9. The Kier molecular flexibility index (Phi) is 4.80. The lowest BCUT2D eigenvalue weighted by molar-refractivity contribution is -0.136. The molecule has 154 valence electrons. The van der Waals surface area contributed by atoms with Gasteiger partial charge < -0.3 is 10.6 Å². The summed E-state index contributed by atoms with van der Waals surface area (Å²) in [5.41, 5.74) is -0.186. The molecule has 1 aliphatic heterocycles. The molecule has 1 aromatic heterocycles. The lowest BCUT2D eigenvalue weighted by atomic mass is 9.64. The molecule has 1 saturated heterocycles. The summed E-state index contributed by atoms with van der Waals surface area (Å²) < 4.78 is 0. The van der Waals surface area contributed by atoms with E-state index < -0.39 is 17.5 Å². The zero-order valence-corrected chi connectivity index (χ0v) is 17.6. The highest BCUT2D eigenvalue weighted by atomic mass is 16.2. The first kappa shape index (κ1) is 20.4. The normalized spacial score (nSPS) is 27.2. The van der Waals surface area contributed by atoms with Gasteiger partial charge in [-0.25, -0.2) is 4.79 Å². The molecule has 2 heterocycles. The Balaban J connectivity index is 1.69. The van der Waals surface area contributed by atoms with Crippen molar-refractivity contribution in [1.82, 2.24) is 20.4 Å². The van der Waals surface area contributed by atoms with Gasteiger partial charge in [0.25, 0.3) is 5.91 Å². The number of hydrogen-bond acceptors (Lipinski definition) is 4. The van der Waals surface area contributed by atoms with Gasteiger partial charge in [0, 0.05) is 17.2 Å². The van der Waals surface area contributed by atoms with Crippen LogP contribution >= 0.6 is 0 Å². The molecule has 3 N–H and O–H groups in total. The molecule has 0 bridgehead atoms. The van der Waals surface area contributed by atoms with Crippen molar-refractivity contribution in [3.8, 4) is 0 Å². The molecular weight excluding hydrogens is 358 g/mol. The number of carbonyl (C=O) groups excluding carboxylic acids is 3. The van der Waals surface area contributed by atoms with Gasteiger partial charge in [0.2, 0.25) is 5.91 Å². The molecule has 3 rings (SSSR count). The van der Waals surface area contributed by atoms with Crippen molar-refractivity contribution < 1.29 is 14.4 Å². The molecule has 0 radical (unpaired) electrons. The van der Waals surface area contributed by atoms with Gasteiger partial charge >= 0.3 is 6.03 Å². The molecular formula is C20H31N5O3. The van der Waals surface area contributed by atoms with Crippen LogP contribution < -0.4 is 10.6 Å². The Labute approximate surface area is 165 Å². The number of nitrogens with zero attached hydrogens (tertiary/aromatic N) is 2. The quantitative estimate of drug-likeness (QED) is 0.691. The Morgan fingerprint density at radius 2 is 2.00 bits per heavy atom. The molecule has 1 spiro atoms. The topological polar surface area (TPSA) is 107 Å². The van der Waals surface area contributed by atoms with Crippen molar-refractivity contribution in [1.29, 1.82) is 0 Å². The molecule has 0 aromatic carbocycles. The smallest absolute Gasteiger partial charge is 0.323 e. The van der Waals surface area contributed by atoms with Gasteiger partial charge in [0.15, 0.2) is 5.82 Å². The Hall–Kier alpha value is -2.38. The highest BCUT2D eigenvalue weighted by molar-refractivity contribution is 6.10. The molecule has 28 heavy (non-hydrogen) atoms. The van der Waals surface area contributed by atoms with Crippen LogP contribution in [-0.2, 0) is 15.0 Å². The first-order valence-electron chi connectivity index (χ1n) is 9.81. The Morgan fingerprint density at radius 3 is 2.57 bits per heavy atom. The summed E-state index contributed by atoms with van der Waals surface area (Å²) in [6.45, 7) is 12.1. The fraction of sp³-hybridized carbons (Fsp3) is 0.700. The van der Waals surface area contributed by atoms with Gasteiger partial charge in [-0.3, -0.25) is 19.6 Å². The molecule has 4 amide bonds. The van der Waals surface area contributed by atoms with Gasteiger partial charge in [-0.1, -0.05) is 41.5 Å². The summed E-state index contributed by atoms with van der Waals surface area (Å²) in [5, 5.41) is 12.5. The first-order valence-corrected chi connectivity index (χ1v) is 9.81. The van der Waals surface area contributed by atoms with E-state index in [9.17, 15) is 14.4 Å². The van der Waals surface area contributed by atoms with Crippen LogP contribution in [-0.4, -0.2) is 45.0 Å². The minimum absolute atomic E-state index is 0.0444. The van der Waals surface area contributed by atoms with E-state index in [4.69, 9.17) is 0 Å². The van der Waals surface area contributed by atoms with Crippen molar-refractivity contribution in [2.45, 2.75) is 71.8 Å². The summed E-state index contributed by atoms with van der Waals surface area (Å²) in [6, 6.07) is 1.26. The molecule has 2 fully saturated rings. The van der Waals surface area contributed by atoms with Crippen molar-refractivity contribution in [3.63, 3.8) is 0 Å². The highest BCUT2D eigenvalue weighted by Gasteiger charge is 2.56. The molecule has 1 aliphatic carbocycles. The van der Waals surface area contributed by atoms with Crippen molar-refractivity contribution in [2.24, 2.45) is 11.3 Å². The fourth-order valence-corrected chi connectivity index (χ4v) is 4.75. The van der Waals surface area contributed by atoms with E-state index in [1.807, 2.05) is 20.8 Å². The minimum atomic E-state index is -0.899. The second kappa shape index (κ2) is 6.60. The standard InChI is InChI=1S/C20H31N5O3/c1-12-8-19(5,6)11-20(9-12)16(27)25(17(28)22-20)10-15(26)21-14-7-13(23-24-14)18(2,3)4/h7,12H,8-11H2,1-6H3,(H,22,28)(H2,21,23,24,26). The number of urea groups is 1. The van der Waals surface area contributed by atoms with Crippen LogP contribution in [0.4, 0.5) is 10.6 Å². The van der Waals surface area contributed by atoms with Crippen molar-refractivity contribution >= 4 is 23.7 Å². The number of hydrogen-bond donors (Lipinski definition) is 3. The summed E-state index contributed by atoms with van der Waals surface area (Å²) in [5.74, 6) is -0.0499. The number of H-pyrrole nitrogens is 1. The molecule has 1 saturated carbocycles. The zero-order valence-electron chi connectivity index (χ0n) is 17.6. The van der Waals surface area contributed by atoms with Gasteiger partial charge in [-0.05, 0) is 30.6 Å². The molecule has 2 aliphatic rings. The van der Waals surface area contributed by atoms with E-state index in [1.54, 1.807) is 6.07 Å². The van der Waals surface area contributed by atoms with E-state index in [1.165, 1.54) is 0 Å². The van der Waals surface area contributed by atoms with Gasteiger partial charge in [0.1, 0.15) is 12.1 Å². The van der Waals surface area contributed by atoms with Crippen LogP contribution in [0.2, 0.25) is 0 Å². The number of imide groups is 1. The van der Waals surface area contributed by atoms with E-state index in [-0.39, 0.29) is 23.3 Å². The van der Waals surface area contributed by atoms with Crippen LogP contribution in [0.25, 0.3) is 0 Å². The number of carbonyl (C=O) groups is 3. The van der Waals surface area contributed by atoms with E-state index in [0.717, 1.165) is 17.0 Å². The van der Waals surface area contributed by atoms with Gasteiger partial charge in [0.05, 0.1) is 0 Å². The minimum Gasteiger partial charge on any atom is -0.323 e. The fourth-order valence-electron chi connectivity index (χ4n) is 4.75. The van der Waals surface area contributed by atoms with Crippen LogP contribution in [0.15, 0.2) is 6.07 Å². The largest absolute Gasteiger partial charge is 0.325 e. The molecule has 1 aromatic rings. The van der Waals surface area contributed by atoms with Crippen LogP contribution in [0.3, 0.4) is 0 Å². The lowest BCUT2D eigenvalue weighted by Gasteiger charge is -2.43. The first-order chi connectivity index (χ1) is 12.8. The summed E-state index contributed by atoms with van der Waals surface area (Å²) in [4.78, 5) is 39.1. The van der Waals surface area contributed by atoms with E-state index in [0.29, 0.717) is 24.6 Å². The lowest BCUT2D eigenvalue weighted by Crippen LogP contribution is -2.54. The number of rotatable bonds is 3. The average molecular weight is 390 g/mol. The number of amides is 4. The van der Waals surface area contributed by atoms with Crippen LogP contribution in [0.1, 0.15) is 66.5 Å². The monoisotopic (exact) mass is 389 g/mol. The molecule has 8 heteroatoms. The van der Waals surface area contributed by atoms with E-state index >= 15 is 0 Å². The predicted molar refractivity (Wildman–Crippen MR) is 106 cm³/mol. The van der Waals surface area contributed by atoms with Crippen molar-refractivity contribution in [2.75, 3.05) is 11.9 Å². The van der Waals surface area contributed by atoms with Crippen LogP contribution in [0.5, 0.6) is 0 Å². The SMILES string of the molecule is CC1CC(C)(C)CC2(C1)NC(=O)N(CC(=O)Nc1cc(C(C)(C)C)[nH]n1)C2=O. The highest BCUT2D eigenvalue weighted by Crippen LogP contribution is 2.46. The second-order valence-electron chi connectivity index (χ2n) is 10.2. The molecule has 2 unspecified atom stereocenters. The summed E-state index contributed by atoms with van der Waals surface area (Å²) in [6.07, 6.45) is 2.20. The number of nitrogens with one attached hydrogen (secondary N) is 3. The number of aromatic nitrogens is 2. The average Bonchev–Trinajstić information content (AvgIpc) is 3.04. The van der Waals surface area contributed by atoms with Gasteiger partial charge in [-0.2, -0.15) is 5.10 Å². The molecule has 2 atom stereocenters. The number of aromatic amines is 1. The van der Waals surface area contributed by atoms with Crippen molar-refractivity contribution in [3.05, 3.63) is 11.8 Å².